The Bertz CT molecular complexity index is 1190. The summed E-state index contributed by atoms with van der Waals surface area (Å²) in [5.74, 6) is 0.461. The summed E-state index contributed by atoms with van der Waals surface area (Å²) in [6, 6.07) is 16.2. The van der Waals surface area contributed by atoms with Crippen LogP contribution in [0.15, 0.2) is 70.0 Å². The maximum Gasteiger partial charge on any atom is 0.298 e. The smallest absolute Gasteiger partial charge is 0.298 e. The van der Waals surface area contributed by atoms with Gasteiger partial charge in [-0.25, -0.2) is 4.90 Å². The number of thioether (sulfide) groups is 1. The standard InChI is InChI=1S/C21H14N2O6S/c1-28-14-7-9-16(17(11-14)23(26)27)18-10-8-15(29-18)12-19-20(24)22(21(25)30-19)13-5-3-2-4-6-13/h2-12H,1H3/b19-12-. The second kappa shape index (κ2) is 7.88. The summed E-state index contributed by atoms with van der Waals surface area (Å²) in [5, 5.41) is 11.0. The van der Waals surface area contributed by atoms with Gasteiger partial charge in [0, 0.05) is 6.08 Å². The van der Waals surface area contributed by atoms with Crippen LogP contribution in [0.25, 0.3) is 17.4 Å². The first-order chi connectivity index (χ1) is 14.5. The number of ether oxygens (including phenoxy) is 1. The molecule has 3 aromatic rings. The van der Waals surface area contributed by atoms with E-state index in [0.29, 0.717) is 17.2 Å². The lowest BCUT2D eigenvalue weighted by atomic mass is 10.1. The summed E-state index contributed by atoms with van der Waals surface area (Å²) in [5.41, 5.74) is 0.592. The van der Waals surface area contributed by atoms with Gasteiger partial charge in [-0.1, -0.05) is 18.2 Å². The molecule has 1 aliphatic heterocycles. The average molecular weight is 422 g/mol. The molecule has 150 valence electrons. The summed E-state index contributed by atoms with van der Waals surface area (Å²) >= 11 is 0.803. The predicted octanol–water partition coefficient (Wildman–Crippen LogP) is 5.10. The van der Waals surface area contributed by atoms with Crippen molar-refractivity contribution in [3.63, 3.8) is 0 Å². The number of rotatable bonds is 5. The topological polar surface area (TPSA) is 103 Å². The van der Waals surface area contributed by atoms with Crippen molar-refractivity contribution in [1.82, 2.24) is 0 Å². The van der Waals surface area contributed by atoms with Gasteiger partial charge in [-0.15, -0.1) is 0 Å². The lowest BCUT2D eigenvalue weighted by molar-refractivity contribution is -0.384. The molecule has 2 amide bonds. The van der Waals surface area contributed by atoms with Crippen LogP contribution in [0, 0.1) is 10.1 Å². The molecule has 4 rings (SSSR count). The van der Waals surface area contributed by atoms with Gasteiger partial charge >= 0.3 is 0 Å². The van der Waals surface area contributed by atoms with E-state index in [-0.39, 0.29) is 21.9 Å². The largest absolute Gasteiger partial charge is 0.497 e. The van der Waals surface area contributed by atoms with Crippen molar-refractivity contribution in [2.24, 2.45) is 0 Å². The van der Waals surface area contributed by atoms with E-state index in [4.69, 9.17) is 9.15 Å². The van der Waals surface area contributed by atoms with Gasteiger partial charge in [0.25, 0.3) is 16.8 Å². The van der Waals surface area contributed by atoms with Crippen LogP contribution in [-0.2, 0) is 4.79 Å². The van der Waals surface area contributed by atoms with Crippen LogP contribution in [0.3, 0.4) is 0 Å². The minimum atomic E-state index is -0.523. The van der Waals surface area contributed by atoms with Crippen LogP contribution in [0.2, 0.25) is 0 Å². The van der Waals surface area contributed by atoms with Crippen LogP contribution >= 0.6 is 11.8 Å². The van der Waals surface area contributed by atoms with E-state index in [1.807, 2.05) is 0 Å². The summed E-state index contributed by atoms with van der Waals surface area (Å²) in [4.78, 5) is 37.2. The van der Waals surface area contributed by atoms with Crippen molar-refractivity contribution in [2.45, 2.75) is 0 Å². The number of carbonyl (C=O) groups excluding carboxylic acids is 2. The zero-order valence-corrected chi connectivity index (χ0v) is 16.4. The highest BCUT2D eigenvalue weighted by Crippen LogP contribution is 2.38. The fourth-order valence-electron chi connectivity index (χ4n) is 2.97. The highest BCUT2D eigenvalue weighted by Gasteiger charge is 2.36. The monoisotopic (exact) mass is 422 g/mol. The third-order valence-electron chi connectivity index (χ3n) is 4.38. The second-order valence-corrected chi connectivity index (χ2v) is 7.19. The number of methoxy groups -OCH3 is 1. The zero-order chi connectivity index (χ0) is 21.3. The summed E-state index contributed by atoms with van der Waals surface area (Å²) < 4.78 is 10.7. The molecule has 0 spiro atoms. The Morgan fingerprint density at radius 3 is 2.57 bits per heavy atom. The second-order valence-electron chi connectivity index (χ2n) is 6.19. The molecule has 0 unspecified atom stereocenters. The van der Waals surface area contributed by atoms with E-state index in [0.717, 1.165) is 16.7 Å². The number of hydrogen-bond acceptors (Lipinski definition) is 7. The van der Waals surface area contributed by atoms with E-state index in [9.17, 15) is 19.7 Å². The molecule has 0 radical (unpaired) electrons. The van der Waals surface area contributed by atoms with Crippen molar-refractivity contribution in [3.8, 4) is 17.1 Å². The molecule has 0 N–H and O–H groups in total. The molecule has 2 aromatic carbocycles. The van der Waals surface area contributed by atoms with Gasteiger partial charge in [-0.2, -0.15) is 0 Å². The highest BCUT2D eigenvalue weighted by molar-refractivity contribution is 8.19. The van der Waals surface area contributed by atoms with Gasteiger partial charge in [0.15, 0.2) is 0 Å². The van der Waals surface area contributed by atoms with Crippen LogP contribution in [0.4, 0.5) is 16.2 Å². The summed E-state index contributed by atoms with van der Waals surface area (Å²) in [7, 11) is 1.42. The lowest BCUT2D eigenvalue weighted by Crippen LogP contribution is -2.27. The number of imide groups is 1. The molecule has 8 nitrogen and oxygen atoms in total. The molecule has 0 aliphatic carbocycles. The van der Waals surface area contributed by atoms with Crippen LogP contribution in [-0.4, -0.2) is 23.2 Å². The first-order valence-corrected chi connectivity index (χ1v) is 9.55. The van der Waals surface area contributed by atoms with Crippen molar-refractivity contribution in [3.05, 3.63) is 81.4 Å². The Labute approximate surface area is 174 Å². The Morgan fingerprint density at radius 2 is 1.87 bits per heavy atom. The third-order valence-corrected chi connectivity index (χ3v) is 5.24. The third kappa shape index (κ3) is 3.58. The normalized spacial score (nSPS) is 15.1. The Morgan fingerprint density at radius 1 is 1.10 bits per heavy atom. The van der Waals surface area contributed by atoms with Crippen LogP contribution in [0.5, 0.6) is 5.75 Å². The van der Waals surface area contributed by atoms with Gasteiger partial charge in [0.2, 0.25) is 0 Å². The molecule has 0 saturated carbocycles. The van der Waals surface area contributed by atoms with E-state index >= 15 is 0 Å². The van der Waals surface area contributed by atoms with Gasteiger partial charge in [0.1, 0.15) is 17.3 Å². The molecule has 30 heavy (non-hydrogen) atoms. The average Bonchev–Trinajstić information content (AvgIpc) is 3.32. The number of amides is 2. The Hall–Kier alpha value is -3.85. The van der Waals surface area contributed by atoms with E-state index < -0.39 is 16.1 Å². The number of anilines is 1. The van der Waals surface area contributed by atoms with Crippen LogP contribution in [0.1, 0.15) is 5.76 Å². The zero-order valence-electron chi connectivity index (χ0n) is 15.6. The molecule has 1 saturated heterocycles. The number of hydrogen-bond donors (Lipinski definition) is 0. The van der Waals surface area contributed by atoms with Crippen molar-refractivity contribution >= 4 is 40.4 Å². The molecule has 0 atom stereocenters. The van der Waals surface area contributed by atoms with Gasteiger partial charge < -0.3 is 9.15 Å². The van der Waals surface area contributed by atoms with Crippen molar-refractivity contribution < 1.29 is 23.7 Å². The number of nitrogens with zero attached hydrogens (tertiary/aromatic N) is 2. The maximum absolute atomic E-state index is 12.7. The van der Waals surface area contributed by atoms with Crippen molar-refractivity contribution in [1.29, 1.82) is 0 Å². The number of carbonyl (C=O) groups is 2. The van der Waals surface area contributed by atoms with Gasteiger partial charge in [-0.3, -0.25) is 19.7 Å². The van der Waals surface area contributed by atoms with E-state index in [1.54, 1.807) is 48.5 Å². The molecule has 0 bridgehead atoms. The van der Waals surface area contributed by atoms with Gasteiger partial charge in [0.05, 0.1) is 34.3 Å². The fraction of sp³-hybridized carbons (Fsp3) is 0.0476. The number of para-hydroxylation sites is 1. The predicted molar refractivity (Wildman–Crippen MR) is 112 cm³/mol. The molecular weight excluding hydrogens is 408 g/mol. The fourth-order valence-corrected chi connectivity index (χ4v) is 3.79. The molecule has 2 heterocycles. The number of nitro groups is 1. The SMILES string of the molecule is COc1ccc(-c2ccc(/C=C3\SC(=O)N(c4ccccc4)C3=O)o2)c([N+](=O)[O-])c1. The summed E-state index contributed by atoms with van der Waals surface area (Å²) in [6.45, 7) is 0. The molecule has 1 aliphatic rings. The van der Waals surface area contributed by atoms with Gasteiger partial charge in [-0.05, 0) is 48.2 Å². The molecule has 1 aromatic heterocycles. The molecule has 1 fully saturated rings. The first kappa shape index (κ1) is 19.5. The van der Waals surface area contributed by atoms with E-state index in [1.165, 1.54) is 25.3 Å². The molecule has 9 heteroatoms. The van der Waals surface area contributed by atoms with E-state index in [2.05, 4.69) is 0 Å². The maximum atomic E-state index is 12.7. The summed E-state index contributed by atoms with van der Waals surface area (Å²) in [6.07, 6.45) is 1.45. The number of benzene rings is 2. The minimum Gasteiger partial charge on any atom is -0.497 e. The minimum absolute atomic E-state index is 0.167. The van der Waals surface area contributed by atoms with Crippen LogP contribution < -0.4 is 9.64 Å². The first-order valence-electron chi connectivity index (χ1n) is 8.73. The highest BCUT2D eigenvalue weighted by atomic mass is 32.2. The Kier molecular flexibility index (Phi) is 5.11. The van der Waals surface area contributed by atoms with Crippen molar-refractivity contribution in [2.75, 3.05) is 12.0 Å². The number of nitro benzene ring substituents is 1. The quantitative estimate of drug-likeness (QED) is 0.320. The lowest BCUT2D eigenvalue weighted by Gasteiger charge is -2.11. The number of furan rings is 1. The Balaban J connectivity index is 1.64. The molecular formula is C21H14N2O6S.